The Morgan fingerprint density at radius 3 is 1.19 bits per heavy atom. The number of aryl methyl sites for hydroxylation is 8. The number of aromatic amines is 4. The van der Waals surface area contributed by atoms with Crippen LogP contribution in [0.25, 0.3) is 130 Å². The second-order valence-corrected chi connectivity index (χ2v) is 21.0. The molecule has 0 aliphatic rings. The van der Waals surface area contributed by atoms with Gasteiger partial charge in [-0.1, -0.05) is 60.7 Å². The van der Waals surface area contributed by atoms with Gasteiger partial charge in [0.05, 0.1) is 63.5 Å². The number of rotatable bonds is 0. The summed E-state index contributed by atoms with van der Waals surface area (Å²) in [7, 11) is 0. The third-order valence-corrected chi connectivity index (χ3v) is 15.1. The van der Waals surface area contributed by atoms with Gasteiger partial charge < -0.3 is 28.8 Å². The largest absolute Gasteiger partial charge is 0.441 e. The van der Waals surface area contributed by atoms with E-state index in [1.54, 1.807) is 22.7 Å². The minimum Gasteiger partial charge on any atom is -0.441 e. The van der Waals surface area contributed by atoms with E-state index in [9.17, 15) is 0 Å². The summed E-state index contributed by atoms with van der Waals surface area (Å²) < 4.78 is 13.6. The van der Waals surface area contributed by atoms with Crippen molar-refractivity contribution in [3.63, 3.8) is 0 Å². The number of oxazole rings is 2. The van der Waals surface area contributed by atoms with Crippen LogP contribution in [0.15, 0.2) is 118 Å². The molecule has 4 N–H and O–H groups in total. The number of thiazole rings is 2. The zero-order valence-corrected chi connectivity index (χ0v) is 42.3. The van der Waals surface area contributed by atoms with Crippen LogP contribution < -0.4 is 0 Å². The summed E-state index contributed by atoms with van der Waals surface area (Å²) in [6, 6.07) is 38.1. The zero-order valence-electron chi connectivity index (χ0n) is 40.7. The SMILES string of the molecule is Cc1cc2ccc3ccc4cc(C)[nH]c4c3c2[nH]1.Cc1nc2c(ccc3ccc4[nH]c(C)nc4c32)[nH]1.Cc1nc2c(ccc3ccc4oc(C)nc4c32)o1.Cc1nc2c(ccc3ccc4sc(C)nc4c32)s1. The van der Waals surface area contributed by atoms with E-state index in [1.165, 1.54) is 69.5 Å². The van der Waals surface area contributed by atoms with E-state index in [0.717, 1.165) is 93.1 Å². The average Bonchev–Trinajstić information content (AvgIpc) is 4.23. The molecule has 0 saturated heterocycles. The lowest BCUT2D eigenvalue weighted by Gasteiger charge is -2.02. The number of nitrogens with one attached hydrogen (secondary N) is 4. The van der Waals surface area contributed by atoms with Crippen LogP contribution in [-0.2, 0) is 0 Å². The molecule has 0 aliphatic carbocycles. The van der Waals surface area contributed by atoms with Crippen LogP contribution in [0.4, 0.5) is 0 Å². The highest BCUT2D eigenvalue weighted by molar-refractivity contribution is 7.19. The summed E-state index contributed by atoms with van der Waals surface area (Å²) in [5, 5.41) is 14.2. The molecule has 72 heavy (non-hydrogen) atoms. The standard InChI is InChI=1S/C16H14N2.C14H12N4.C14H10N2O2.C14H10N2S2/c1-9-7-12-5-3-11-4-6-13-8-10(2)18-16(13)14(11)15(12)17-9;1-7-15-10-5-3-9-4-6-11-14(18-8(2)16-11)12(9)13(10)17-7;2*1-7-15-13-10(17-7)5-3-9-4-6-11-14(12(9)13)16-8(2)18-11/h3-8,17-18H,1-2H3;3-6H,1-2H3,(H,15,17)(H,16,18);2*3-6H,1-2H3. The van der Waals surface area contributed by atoms with E-state index in [2.05, 4.69) is 162 Å². The zero-order chi connectivity index (χ0) is 49.1. The van der Waals surface area contributed by atoms with Gasteiger partial charge in [0.25, 0.3) is 0 Å². The van der Waals surface area contributed by atoms with E-state index in [4.69, 9.17) is 8.83 Å². The number of hydrogen-bond acceptors (Lipinski definition) is 10. The van der Waals surface area contributed by atoms with Gasteiger partial charge in [-0.15, -0.1) is 22.7 Å². The number of fused-ring (bicyclic) bond motifs is 20. The van der Waals surface area contributed by atoms with Gasteiger partial charge in [0.15, 0.2) is 22.9 Å². The molecule has 8 aromatic carbocycles. The maximum absolute atomic E-state index is 5.56. The van der Waals surface area contributed by atoms with Crippen LogP contribution in [0, 0.1) is 55.4 Å². The highest BCUT2D eigenvalue weighted by Crippen LogP contribution is 2.37. The van der Waals surface area contributed by atoms with Crippen LogP contribution in [0.2, 0.25) is 0 Å². The van der Waals surface area contributed by atoms with Crippen LogP contribution >= 0.6 is 22.7 Å². The molecule has 16 rings (SSSR count). The van der Waals surface area contributed by atoms with Crippen molar-refractivity contribution in [2.24, 2.45) is 0 Å². The van der Waals surface area contributed by atoms with Gasteiger partial charge in [-0.25, -0.2) is 29.9 Å². The number of aromatic nitrogens is 10. The fraction of sp³-hybridized carbons (Fsp3) is 0.138. The molecule has 0 radical (unpaired) electrons. The van der Waals surface area contributed by atoms with Crippen molar-refractivity contribution in [2.75, 3.05) is 0 Å². The Bertz CT molecular complexity index is 3930. The van der Waals surface area contributed by atoms with Gasteiger partial charge >= 0.3 is 0 Å². The van der Waals surface area contributed by atoms with Gasteiger partial charge in [0, 0.05) is 57.6 Å². The smallest absolute Gasteiger partial charge is 0.192 e. The molecule has 16 aromatic rings. The molecule has 0 bridgehead atoms. The number of hydrogen-bond donors (Lipinski definition) is 4. The Balaban J connectivity index is 0.0000000933. The van der Waals surface area contributed by atoms with Crippen molar-refractivity contribution in [1.82, 2.24) is 49.8 Å². The van der Waals surface area contributed by atoms with Crippen molar-refractivity contribution in [2.45, 2.75) is 55.4 Å². The fourth-order valence-electron chi connectivity index (χ4n) is 10.3. The summed E-state index contributed by atoms with van der Waals surface area (Å²) in [4.78, 5) is 41.0. The fourth-order valence-corrected chi connectivity index (χ4v) is 12.0. The van der Waals surface area contributed by atoms with Gasteiger partial charge in [0.1, 0.15) is 22.7 Å². The number of benzene rings is 8. The van der Waals surface area contributed by atoms with E-state index < -0.39 is 0 Å². The molecule has 0 amide bonds. The minimum atomic E-state index is 0.662. The number of nitrogens with zero attached hydrogens (tertiary/aromatic N) is 6. The Labute approximate surface area is 418 Å². The molecular weight excluding hydrogens is 933 g/mol. The van der Waals surface area contributed by atoms with Crippen LogP contribution in [0.1, 0.15) is 44.8 Å². The summed E-state index contributed by atoms with van der Waals surface area (Å²) >= 11 is 3.49. The Morgan fingerprint density at radius 1 is 0.347 bits per heavy atom. The minimum absolute atomic E-state index is 0.662. The lowest BCUT2D eigenvalue weighted by Crippen LogP contribution is -1.79. The highest BCUT2D eigenvalue weighted by Gasteiger charge is 2.16. The second-order valence-electron chi connectivity index (χ2n) is 18.5. The van der Waals surface area contributed by atoms with E-state index >= 15 is 0 Å². The third kappa shape index (κ3) is 7.32. The normalized spacial score (nSPS) is 11.9. The summed E-state index contributed by atoms with van der Waals surface area (Å²) in [6.07, 6.45) is 0. The molecule has 12 nitrogen and oxygen atoms in total. The van der Waals surface area contributed by atoms with Crippen LogP contribution in [0.3, 0.4) is 0 Å². The maximum atomic E-state index is 5.56. The average molecular weight is 979 g/mol. The first-order chi connectivity index (χ1) is 34.9. The van der Waals surface area contributed by atoms with Crippen LogP contribution in [0.5, 0.6) is 0 Å². The highest BCUT2D eigenvalue weighted by atomic mass is 32.1. The first kappa shape index (κ1) is 43.6. The van der Waals surface area contributed by atoms with Gasteiger partial charge in [-0.3, -0.25) is 0 Å². The predicted molar refractivity (Wildman–Crippen MR) is 298 cm³/mol. The lowest BCUT2D eigenvalue weighted by molar-refractivity contribution is 0.560. The summed E-state index contributed by atoms with van der Waals surface area (Å²) in [5.74, 6) is 3.19. The molecule has 352 valence electrons. The van der Waals surface area contributed by atoms with E-state index in [-0.39, 0.29) is 0 Å². The van der Waals surface area contributed by atoms with Crippen molar-refractivity contribution in [1.29, 1.82) is 0 Å². The number of H-pyrrole nitrogens is 4. The molecule has 0 fully saturated rings. The number of imidazole rings is 2. The Kier molecular flexibility index (Phi) is 10.0. The van der Waals surface area contributed by atoms with E-state index in [1.807, 2.05) is 52.0 Å². The van der Waals surface area contributed by atoms with E-state index in [0.29, 0.717) is 11.8 Å². The van der Waals surface area contributed by atoms with Crippen LogP contribution in [-0.4, -0.2) is 49.8 Å². The Hall–Kier alpha value is -8.46. The molecular formula is C58H46N10O2S2. The molecule has 0 spiro atoms. The van der Waals surface area contributed by atoms with Crippen molar-refractivity contribution in [3.8, 4) is 0 Å². The first-order valence-electron chi connectivity index (χ1n) is 23.8. The first-order valence-corrected chi connectivity index (χ1v) is 25.4. The molecule has 0 aliphatic heterocycles. The molecule has 0 atom stereocenters. The van der Waals surface area contributed by atoms with Crippen molar-refractivity contribution in [3.05, 3.63) is 154 Å². The summed E-state index contributed by atoms with van der Waals surface area (Å²) in [5.41, 5.74) is 14.5. The molecule has 8 heterocycles. The predicted octanol–water partition coefficient (Wildman–Crippen LogP) is 16.0. The topological polar surface area (TPSA) is 167 Å². The van der Waals surface area contributed by atoms with Gasteiger partial charge in [-0.2, -0.15) is 0 Å². The van der Waals surface area contributed by atoms with Crippen molar-refractivity contribution >= 4 is 152 Å². The lowest BCUT2D eigenvalue weighted by atomic mass is 10.0. The molecule has 0 saturated carbocycles. The monoisotopic (exact) mass is 978 g/mol. The Morgan fingerprint density at radius 2 is 0.722 bits per heavy atom. The quantitative estimate of drug-likeness (QED) is 0.116. The molecule has 14 heteroatoms. The third-order valence-electron chi connectivity index (χ3n) is 13.2. The van der Waals surface area contributed by atoms with Gasteiger partial charge in [0.2, 0.25) is 0 Å². The second kappa shape index (κ2) is 16.6. The van der Waals surface area contributed by atoms with Crippen molar-refractivity contribution < 1.29 is 8.83 Å². The van der Waals surface area contributed by atoms with Gasteiger partial charge in [-0.05, 0) is 112 Å². The molecule has 8 aromatic heterocycles. The maximum Gasteiger partial charge on any atom is 0.192 e. The summed E-state index contributed by atoms with van der Waals surface area (Å²) in [6.45, 7) is 16.0. The molecule has 0 unspecified atom stereocenters.